The first-order valence-corrected chi connectivity index (χ1v) is 15.7. The van der Waals surface area contributed by atoms with Crippen LogP contribution in [0.5, 0.6) is 0 Å². The maximum absolute atomic E-state index is 14.1. The lowest BCUT2D eigenvalue weighted by Gasteiger charge is -2.34. The summed E-state index contributed by atoms with van der Waals surface area (Å²) in [6, 6.07) is 15.0. The van der Waals surface area contributed by atoms with Gasteiger partial charge in [-0.3, -0.25) is 13.9 Å². The molecule has 3 rings (SSSR count). The van der Waals surface area contributed by atoms with E-state index in [9.17, 15) is 18.0 Å². The molecule has 0 saturated heterocycles. The van der Waals surface area contributed by atoms with Gasteiger partial charge in [0, 0.05) is 33.2 Å². The summed E-state index contributed by atoms with van der Waals surface area (Å²) in [4.78, 5) is 28.8. The van der Waals surface area contributed by atoms with E-state index in [1.807, 2.05) is 20.8 Å². The van der Waals surface area contributed by atoms with Gasteiger partial charge >= 0.3 is 0 Å². The summed E-state index contributed by atoms with van der Waals surface area (Å²) in [5, 5.41) is 3.85. The summed E-state index contributed by atoms with van der Waals surface area (Å²) in [6.07, 6.45) is 0.271. The SMILES string of the molecule is CC[C@H](C(=O)NC(C)C)N(Cc1c(Cl)cccc1Cl)C(=O)CN(c1ccc(C)c(Cl)c1)S(=O)(=O)c1ccc(C)cc1. The molecule has 0 aliphatic heterocycles. The Morgan fingerprint density at radius 2 is 1.51 bits per heavy atom. The van der Waals surface area contributed by atoms with Gasteiger partial charge in [0.25, 0.3) is 10.0 Å². The van der Waals surface area contributed by atoms with Gasteiger partial charge in [-0.05, 0) is 76.1 Å². The number of amides is 2. The van der Waals surface area contributed by atoms with Crippen LogP contribution >= 0.6 is 34.8 Å². The highest BCUT2D eigenvalue weighted by molar-refractivity contribution is 7.92. The number of nitrogens with one attached hydrogen (secondary N) is 1. The van der Waals surface area contributed by atoms with Crippen LogP contribution in [-0.2, 0) is 26.2 Å². The standard InChI is InChI=1S/C30H34Cl3N3O4S/c1-6-28(30(38)34-19(2)3)35(17-24-25(31)8-7-9-26(24)32)29(37)18-36(22-13-12-21(5)27(33)16-22)41(39,40)23-14-10-20(4)11-15-23/h7-16,19,28H,6,17-18H2,1-5H3,(H,34,38)/t28-/m1/s1. The number of carbonyl (C=O) groups is 2. The number of sulfonamides is 1. The fourth-order valence-corrected chi connectivity index (χ4v) is 6.35. The molecule has 0 aliphatic rings. The molecule has 0 unspecified atom stereocenters. The van der Waals surface area contributed by atoms with Gasteiger partial charge in [0.05, 0.1) is 10.6 Å². The Bertz CT molecular complexity index is 1490. The molecular formula is C30H34Cl3N3O4S. The number of hydrogen-bond acceptors (Lipinski definition) is 4. The topological polar surface area (TPSA) is 86.8 Å². The minimum atomic E-state index is -4.22. The molecule has 1 N–H and O–H groups in total. The lowest BCUT2D eigenvalue weighted by atomic mass is 10.1. The Morgan fingerprint density at radius 3 is 2.05 bits per heavy atom. The van der Waals surface area contributed by atoms with Crippen LogP contribution in [0.1, 0.15) is 43.9 Å². The molecule has 0 aromatic heterocycles. The first kappa shape index (κ1) is 32.7. The first-order valence-electron chi connectivity index (χ1n) is 13.1. The minimum Gasteiger partial charge on any atom is -0.352 e. The van der Waals surface area contributed by atoms with Gasteiger partial charge in [-0.2, -0.15) is 0 Å². The molecule has 7 nitrogen and oxygen atoms in total. The van der Waals surface area contributed by atoms with E-state index in [0.717, 1.165) is 15.4 Å². The molecule has 220 valence electrons. The predicted octanol–water partition coefficient (Wildman–Crippen LogP) is 6.79. The fourth-order valence-electron chi connectivity index (χ4n) is 4.26. The Balaban J connectivity index is 2.13. The number of halogens is 3. The molecule has 0 heterocycles. The Hall–Kier alpha value is -2.78. The normalized spacial score (nSPS) is 12.2. The van der Waals surface area contributed by atoms with Crippen molar-refractivity contribution in [2.75, 3.05) is 10.8 Å². The van der Waals surface area contributed by atoms with Gasteiger partial charge in [0.1, 0.15) is 12.6 Å². The van der Waals surface area contributed by atoms with Crippen LogP contribution in [0.4, 0.5) is 5.69 Å². The zero-order chi connectivity index (χ0) is 30.5. The predicted molar refractivity (Wildman–Crippen MR) is 166 cm³/mol. The highest BCUT2D eigenvalue weighted by Gasteiger charge is 2.34. The second-order valence-electron chi connectivity index (χ2n) is 10.1. The molecule has 3 aromatic rings. The van der Waals surface area contributed by atoms with E-state index in [2.05, 4.69) is 5.32 Å². The Kier molecular flexibility index (Phi) is 11.1. The second kappa shape index (κ2) is 13.9. The van der Waals surface area contributed by atoms with E-state index in [1.165, 1.54) is 23.1 Å². The molecule has 1 atom stereocenters. The molecule has 3 aromatic carbocycles. The van der Waals surface area contributed by atoms with E-state index in [-0.39, 0.29) is 35.5 Å². The zero-order valence-electron chi connectivity index (χ0n) is 23.6. The van der Waals surface area contributed by atoms with Crippen LogP contribution in [0.15, 0.2) is 65.6 Å². The van der Waals surface area contributed by atoms with Crippen LogP contribution in [0.25, 0.3) is 0 Å². The Labute approximate surface area is 257 Å². The molecule has 41 heavy (non-hydrogen) atoms. The summed E-state index contributed by atoms with van der Waals surface area (Å²) in [5.41, 5.74) is 2.30. The number of nitrogens with zero attached hydrogens (tertiary/aromatic N) is 2. The van der Waals surface area contributed by atoms with E-state index in [0.29, 0.717) is 20.6 Å². The van der Waals surface area contributed by atoms with Crippen LogP contribution in [0, 0.1) is 13.8 Å². The number of hydrogen-bond donors (Lipinski definition) is 1. The van der Waals surface area contributed by atoms with Crippen molar-refractivity contribution in [3.8, 4) is 0 Å². The molecular weight excluding hydrogens is 605 g/mol. The van der Waals surface area contributed by atoms with Gasteiger partial charge in [0.2, 0.25) is 11.8 Å². The molecule has 0 saturated carbocycles. The summed E-state index contributed by atoms with van der Waals surface area (Å²) >= 11 is 19.3. The first-order chi connectivity index (χ1) is 19.3. The monoisotopic (exact) mass is 637 g/mol. The highest BCUT2D eigenvalue weighted by atomic mass is 35.5. The number of anilines is 1. The van der Waals surface area contributed by atoms with Gasteiger partial charge in [0.15, 0.2) is 0 Å². The maximum Gasteiger partial charge on any atom is 0.264 e. The van der Waals surface area contributed by atoms with E-state index >= 15 is 0 Å². The minimum absolute atomic E-state index is 0.0119. The van der Waals surface area contributed by atoms with Crippen molar-refractivity contribution in [1.82, 2.24) is 10.2 Å². The van der Waals surface area contributed by atoms with Gasteiger partial charge < -0.3 is 10.2 Å². The highest BCUT2D eigenvalue weighted by Crippen LogP contribution is 2.30. The third-order valence-corrected chi connectivity index (χ3v) is 9.44. The summed E-state index contributed by atoms with van der Waals surface area (Å²) < 4.78 is 29.0. The summed E-state index contributed by atoms with van der Waals surface area (Å²) in [6.45, 7) is 8.36. The molecule has 2 amide bonds. The maximum atomic E-state index is 14.1. The van der Waals surface area contributed by atoms with E-state index in [1.54, 1.807) is 56.3 Å². The molecule has 0 bridgehead atoms. The summed E-state index contributed by atoms with van der Waals surface area (Å²) in [7, 11) is -4.22. The number of rotatable bonds is 11. The lowest BCUT2D eigenvalue weighted by molar-refractivity contribution is -0.140. The average molecular weight is 639 g/mol. The van der Waals surface area contributed by atoms with Gasteiger partial charge in [-0.1, -0.05) is 71.6 Å². The third kappa shape index (κ3) is 7.95. The van der Waals surface area contributed by atoms with Crippen molar-refractivity contribution in [1.29, 1.82) is 0 Å². The van der Waals surface area contributed by atoms with Crippen molar-refractivity contribution in [3.63, 3.8) is 0 Å². The lowest BCUT2D eigenvalue weighted by Crippen LogP contribution is -2.53. The van der Waals surface area contributed by atoms with Crippen LogP contribution in [-0.4, -0.2) is 43.8 Å². The van der Waals surface area contributed by atoms with Crippen molar-refractivity contribution >= 4 is 62.3 Å². The van der Waals surface area contributed by atoms with Crippen molar-refractivity contribution in [2.45, 2.75) is 64.6 Å². The van der Waals surface area contributed by atoms with Gasteiger partial charge in [-0.15, -0.1) is 0 Å². The molecule has 0 spiro atoms. The molecule has 0 fully saturated rings. The van der Waals surface area contributed by atoms with Crippen molar-refractivity contribution < 1.29 is 18.0 Å². The third-order valence-electron chi connectivity index (χ3n) is 6.54. The number of carbonyl (C=O) groups excluding carboxylic acids is 2. The van der Waals surface area contributed by atoms with Crippen LogP contribution in [0.3, 0.4) is 0 Å². The molecule has 0 aliphatic carbocycles. The van der Waals surface area contributed by atoms with E-state index in [4.69, 9.17) is 34.8 Å². The number of aryl methyl sites for hydroxylation is 2. The van der Waals surface area contributed by atoms with Crippen molar-refractivity contribution in [2.24, 2.45) is 0 Å². The second-order valence-corrected chi connectivity index (χ2v) is 13.2. The van der Waals surface area contributed by atoms with E-state index < -0.39 is 28.5 Å². The number of benzene rings is 3. The largest absolute Gasteiger partial charge is 0.352 e. The quantitative estimate of drug-likeness (QED) is 0.251. The fraction of sp³-hybridized carbons (Fsp3) is 0.333. The molecule has 11 heteroatoms. The average Bonchev–Trinajstić information content (AvgIpc) is 2.90. The summed E-state index contributed by atoms with van der Waals surface area (Å²) in [5.74, 6) is -0.982. The smallest absolute Gasteiger partial charge is 0.264 e. The van der Waals surface area contributed by atoms with Crippen LogP contribution < -0.4 is 9.62 Å². The van der Waals surface area contributed by atoms with Crippen LogP contribution in [0.2, 0.25) is 15.1 Å². The van der Waals surface area contributed by atoms with Gasteiger partial charge in [-0.25, -0.2) is 8.42 Å². The van der Waals surface area contributed by atoms with Crippen molar-refractivity contribution in [3.05, 3.63) is 92.4 Å². The zero-order valence-corrected chi connectivity index (χ0v) is 26.7. The Morgan fingerprint density at radius 1 is 0.902 bits per heavy atom. The molecule has 0 radical (unpaired) electrons.